The molecule has 0 aliphatic carbocycles. The minimum absolute atomic E-state index is 0.503. The maximum Gasteiger partial charge on any atom is 0.432 e. The fraction of sp³-hybridized carbons (Fsp3) is 0.429. The van der Waals surface area contributed by atoms with Crippen LogP contribution in [0.1, 0.15) is 39.2 Å². The van der Waals surface area contributed by atoms with Crippen molar-refractivity contribution in [2.45, 2.75) is 39.2 Å². The summed E-state index contributed by atoms with van der Waals surface area (Å²) in [6.45, 7) is 6.82. The van der Waals surface area contributed by atoms with E-state index >= 15 is 0 Å². The average molecular weight is 284 g/mol. The molecule has 0 saturated carbocycles. The maximum atomic E-state index is 12.1. The number of hydrogen-bond acceptors (Lipinski definition) is 3. The van der Waals surface area contributed by atoms with Gasteiger partial charge in [0.25, 0.3) is 5.91 Å². The van der Waals surface area contributed by atoms with E-state index in [0.29, 0.717) is 4.42 Å². The van der Waals surface area contributed by atoms with Gasteiger partial charge in [0.1, 0.15) is 5.60 Å². The van der Waals surface area contributed by atoms with Crippen molar-refractivity contribution < 1.29 is 14.3 Å². The van der Waals surface area contributed by atoms with E-state index in [1.807, 2.05) is 30.3 Å². The lowest BCUT2D eigenvalue weighted by Gasteiger charge is -2.23. The molecule has 1 unspecified atom stereocenters. The third-order valence-corrected chi connectivity index (χ3v) is 2.72. The molecule has 0 aliphatic rings. The number of carbonyl (C=O) groups excluding carboxylic acids is 2. The predicted molar refractivity (Wildman–Crippen MR) is 73.8 cm³/mol. The highest BCUT2D eigenvalue weighted by Gasteiger charge is 2.29. The van der Waals surface area contributed by atoms with Crippen LogP contribution in [0.3, 0.4) is 0 Å². The molecule has 0 saturated heterocycles. The van der Waals surface area contributed by atoms with Gasteiger partial charge >= 0.3 is 6.09 Å². The molecule has 0 N–H and O–H groups in total. The van der Waals surface area contributed by atoms with Crippen molar-refractivity contribution in [1.82, 2.24) is 4.42 Å². The summed E-state index contributed by atoms with van der Waals surface area (Å²) in [5.74, 6) is -1.02. The molecule has 0 bridgehead atoms. The number of carbonyl (C=O) groups is 2. The van der Waals surface area contributed by atoms with E-state index in [1.165, 1.54) is 0 Å². The molecule has 5 heteroatoms. The summed E-state index contributed by atoms with van der Waals surface area (Å²) < 4.78 is 5.54. The average Bonchev–Trinajstić information content (AvgIpc) is 2.35. The molecule has 0 spiro atoms. The summed E-state index contributed by atoms with van der Waals surface area (Å²) in [6.07, 6.45) is -0.859. The van der Waals surface area contributed by atoms with E-state index in [1.54, 1.807) is 27.7 Å². The summed E-state index contributed by atoms with van der Waals surface area (Å²) in [7, 11) is 0. The normalized spacial score (nSPS) is 12.7. The number of benzene rings is 1. The fourth-order valence-corrected chi connectivity index (χ4v) is 1.63. The van der Waals surface area contributed by atoms with Crippen LogP contribution in [0, 0.1) is 0 Å². The molecule has 19 heavy (non-hydrogen) atoms. The molecule has 0 radical (unpaired) electrons. The van der Waals surface area contributed by atoms with E-state index < -0.39 is 23.5 Å². The first-order chi connectivity index (χ1) is 8.72. The molecule has 1 aromatic rings. The second-order valence-corrected chi connectivity index (χ2v) is 5.57. The van der Waals surface area contributed by atoms with Gasteiger partial charge in [-0.25, -0.2) is 4.79 Å². The Kier molecular flexibility index (Phi) is 4.95. The van der Waals surface area contributed by atoms with Crippen LogP contribution in [0.5, 0.6) is 0 Å². The molecule has 1 atom stereocenters. The first-order valence-corrected chi connectivity index (χ1v) is 6.34. The van der Waals surface area contributed by atoms with Crippen molar-refractivity contribution in [3.63, 3.8) is 0 Å². The Balaban J connectivity index is 2.75. The predicted octanol–water partition coefficient (Wildman–Crippen LogP) is 3.71. The van der Waals surface area contributed by atoms with Crippen LogP contribution < -0.4 is 0 Å². The van der Waals surface area contributed by atoms with Gasteiger partial charge in [-0.1, -0.05) is 30.3 Å². The number of imide groups is 1. The van der Waals surface area contributed by atoms with Crippen molar-refractivity contribution in [2.24, 2.45) is 0 Å². The molecule has 0 fully saturated rings. The van der Waals surface area contributed by atoms with Gasteiger partial charge < -0.3 is 4.74 Å². The Morgan fingerprint density at radius 2 is 1.74 bits per heavy atom. The fourth-order valence-electron chi connectivity index (χ4n) is 1.45. The van der Waals surface area contributed by atoms with Gasteiger partial charge in [0.15, 0.2) is 0 Å². The van der Waals surface area contributed by atoms with Gasteiger partial charge in [0.05, 0.1) is 5.92 Å². The third-order valence-electron chi connectivity index (χ3n) is 2.42. The molecule has 0 aliphatic heterocycles. The van der Waals surface area contributed by atoms with E-state index in [0.717, 1.165) is 5.56 Å². The topological polar surface area (TPSA) is 46.6 Å². The Labute approximate surface area is 118 Å². The van der Waals surface area contributed by atoms with Crippen LogP contribution in [0.2, 0.25) is 0 Å². The third kappa shape index (κ3) is 4.56. The van der Waals surface area contributed by atoms with Crippen LogP contribution in [0.4, 0.5) is 4.79 Å². The zero-order chi connectivity index (χ0) is 14.6. The highest BCUT2D eigenvalue weighted by molar-refractivity contribution is 6.29. The second-order valence-electron chi connectivity index (χ2n) is 5.23. The highest BCUT2D eigenvalue weighted by Crippen LogP contribution is 2.20. The first-order valence-electron chi connectivity index (χ1n) is 6.00. The monoisotopic (exact) mass is 283 g/mol. The summed E-state index contributed by atoms with van der Waals surface area (Å²) >= 11 is 5.74. The summed E-state index contributed by atoms with van der Waals surface area (Å²) in [5.41, 5.74) is 0.0993. The van der Waals surface area contributed by atoms with E-state index in [2.05, 4.69) is 0 Å². The van der Waals surface area contributed by atoms with Crippen molar-refractivity contribution in [3.05, 3.63) is 35.9 Å². The van der Waals surface area contributed by atoms with Crippen LogP contribution in [-0.4, -0.2) is 22.0 Å². The highest BCUT2D eigenvalue weighted by atomic mass is 35.5. The smallest absolute Gasteiger partial charge is 0.432 e. The van der Waals surface area contributed by atoms with Crippen LogP contribution in [-0.2, 0) is 9.53 Å². The number of amides is 2. The summed E-state index contributed by atoms with van der Waals surface area (Å²) in [5, 5.41) is 0. The van der Waals surface area contributed by atoms with Crippen molar-refractivity contribution >= 4 is 23.8 Å². The largest absolute Gasteiger partial charge is 0.442 e. The molecule has 0 aromatic heterocycles. The van der Waals surface area contributed by atoms with Crippen LogP contribution in [0.25, 0.3) is 0 Å². The number of hydrogen-bond donors (Lipinski definition) is 0. The van der Waals surface area contributed by atoms with Crippen molar-refractivity contribution in [3.8, 4) is 0 Å². The number of ether oxygens (including phenoxy) is 1. The van der Waals surface area contributed by atoms with E-state index in [-0.39, 0.29) is 0 Å². The Bertz CT molecular complexity index is 454. The molecule has 104 valence electrons. The van der Waals surface area contributed by atoms with Gasteiger partial charge in [-0.3, -0.25) is 4.79 Å². The SMILES string of the molecule is CC(C(=O)N(Cl)C(=O)OC(C)(C)C)c1ccccc1. The summed E-state index contributed by atoms with van der Waals surface area (Å²) in [6, 6.07) is 9.12. The maximum absolute atomic E-state index is 12.1. The second kappa shape index (κ2) is 6.06. The van der Waals surface area contributed by atoms with Crippen molar-refractivity contribution in [1.29, 1.82) is 0 Å². The summed E-state index contributed by atoms with van der Waals surface area (Å²) in [4.78, 5) is 23.8. The Morgan fingerprint density at radius 3 is 2.21 bits per heavy atom. The minimum atomic E-state index is -0.859. The van der Waals surface area contributed by atoms with Crippen LogP contribution >= 0.6 is 11.8 Å². The van der Waals surface area contributed by atoms with Gasteiger partial charge in [-0.2, -0.15) is 4.42 Å². The lowest BCUT2D eigenvalue weighted by molar-refractivity contribution is -0.127. The van der Waals surface area contributed by atoms with E-state index in [9.17, 15) is 9.59 Å². The minimum Gasteiger partial charge on any atom is -0.442 e. The standard InChI is InChI=1S/C14H18ClNO3/c1-10(11-8-6-5-7-9-11)12(17)16(15)13(18)19-14(2,3)4/h5-10H,1-4H3. The number of nitrogens with zero attached hydrogens (tertiary/aromatic N) is 1. The quantitative estimate of drug-likeness (QED) is 0.777. The Morgan fingerprint density at radius 1 is 1.21 bits per heavy atom. The van der Waals surface area contributed by atoms with Gasteiger partial charge in [0, 0.05) is 11.8 Å². The van der Waals surface area contributed by atoms with Gasteiger partial charge in [-0.05, 0) is 33.3 Å². The molecular formula is C14H18ClNO3. The molecule has 0 heterocycles. The van der Waals surface area contributed by atoms with Gasteiger partial charge in [0.2, 0.25) is 0 Å². The molecule has 4 nitrogen and oxygen atoms in total. The molecule has 1 aromatic carbocycles. The first kappa shape index (κ1) is 15.5. The molecular weight excluding hydrogens is 266 g/mol. The lowest BCUT2D eigenvalue weighted by atomic mass is 10.0. The Hall–Kier alpha value is -1.55. The molecule has 1 rings (SSSR count). The van der Waals surface area contributed by atoms with Crippen molar-refractivity contribution in [2.75, 3.05) is 0 Å². The number of rotatable bonds is 2. The zero-order valence-electron chi connectivity index (χ0n) is 11.5. The molecule has 2 amide bonds. The van der Waals surface area contributed by atoms with Gasteiger partial charge in [-0.15, -0.1) is 0 Å². The van der Waals surface area contributed by atoms with E-state index in [4.69, 9.17) is 16.5 Å². The zero-order valence-corrected chi connectivity index (χ0v) is 12.3. The van der Waals surface area contributed by atoms with Crippen LogP contribution in [0.15, 0.2) is 30.3 Å². The number of halogens is 1. The lowest BCUT2D eigenvalue weighted by Crippen LogP contribution is -2.36.